The van der Waals surface area contributed by atoms with Crippen LogP contribution in [0.25, 0.3) is 22.0 Å². The highest BCUT2D eigenvalue weighted by atomic mass is 19.1. The van der Waals surface area contributed by atoms with E-state index in [1.165, 1.54) is 16.5 Å². The Morgan fingerprint density at radius 2 is 1.80 bits per heavy atom. The van der Waals surface area contributed by atoms with Gasteiger partial charge in [0.05, 0.1) is 18.7 Å². The van der Waals surface area contributed by atoms with E-state index in [0.29, 0.717) is 23.3 Å². The number of aromatic nitrogens is 4. The van der Waals surface area contributed by atoms with E-state index in [0.717, 1.165) is 17.4 Å². The summed E-state index contributed by atoms with van der Waals surface area (Å²) in [6.07, 6.45) is 0.232. The first kappa shape index (κ1) is 32.4. The number of fused-ring (bicyclic) bond motifs is 1. The number of nitrogens with zero attached hydrogens (tertiary/aromatic N) is 5. The van der Waals surface area contributed by atoms with Gasteiger partial charge in [-0.3, -0.25) is 19.1 Å². The summed E-state index contributed by atoms with van der Waals surface area (Å²) in [5, 5.41) is 7.84. The Labute approximate surface area is 265 Å². The lowest BCUT2D eigenvalue weighted by atomic mass is 8.57. The summed E-state index contributed by atoms with van der Waals surface area (Å²) in [4.78, 5) is 48.8. The molecule has 1 aromatic carbocycles. The van der Waals surface area contributed by atoms with Gasteiger partial charge in [-0.15, -0.1) is 0 Å². The zero-order valence-corrected chi connectivity index (χ0v) is 24.8. The van der Waals surface area contributed by atoms with Crippen LogP contribution in [0.3, 0.4) is 0 Å². The smallest absolute Gasteiger partial charge is 0.245 e. The molecule has 5 rings (SSSR count). The molecule has 20 heteroatoms. The zero-order chi connectivity index (χ0) is 31.9. The van der Waals surface area contributed by atoms with Crippen LogP contribution in [-0.2, 0) is 16.1 Å². The van der Waals surface area contributed by atoms with Gasteiger partial charge in [0, 0.05) is 107 Å². The van der Waals surface area contributed by atoms with Crippen molar-refractivity contribution in [2.45, 2.75) is 51.2 Å². The fourth-order valence-electron chi connectivity index (χ4n) is 6.22. The summed E-state index contributed by atoms with van der Waals surface area (Å²) in [5.74, 6) is -0.508. The van der Waals surface area contributed by atoms with Gasteiger partial charge in [0.15, 0.2) is 5.78 Å². The van der Waals surface area contributed by atoms with Crippen LogP contribution >= 0.6 is 0 Å². The van der Waals surface area contributed by atoms with Crippen molar-refractivity contribution in [2.24, 2.45) is 0 Å². The standard InChI is InChI=1S/C24H25B10FN6O3/c1-13(42)23-19-5-15(16-8-36-14(2)37-9-16)3-4-20(19)41(39-23)12-22(43)40-11-18(35)6-21(40)24(44)38-10-17-7-30(17)34(32(27)28)33(29)31(25)26/h3-5,8-9,17-18,21H,6-7,10-12H2,1-2H3,(H,38,44)/t17?,18-,21+/m1/s1. The molecule has 3 atom stereocenters. The number of nitrogens with one attached hydrogen (secondary N) is 1. The molecule has 10 radical (unpaired) electrons. The highest BCUT2D eigenvalue weighted by Gasteiger charge is 2.50. The molecule has 0 saturated carbocycles. The monoisotopic (exact) mass is 574 g/mol. The second-order valence-corrected chi connectivity index (χ2v) is 11.9. The third-order valence-corrected chi connectivity index (χ3v) is 8.70. The molecule has 1 N–H and O–H groups in total. The fourth-order valence-corrected chi connectivity index (χ4v) is 6.22. The van der Waals surface area contributed by atoms with Crippen molar-refractivity contribution in [2.75, 3.05) is 13.1 Å². The molecule has 3 aromatic rings. The molecule has 2 amide bonds. The number of aryl methyl sites for hydroxylation is 1. The normalized spacial score (nSPS) is 19.1. The third-order valence-electron chi connectivity index (χ3n) is 8.70. The van der Waals surface area contributed by atoms with E-state index in [4.69, 9.17) is 38.7 Å². The summed E-state index contributed by atoms with van der Waals surface area (Å²) >= 11 is 0. The molecule has 2 aromatic heterocycles. The largest absolute Gasteiger partial charge is 0.355 e. The molecule has 206 valence electrons. The molecular formula is C24H25B10FN6O3. The van der Waals surface area contributed by atoms with E-state index >= 15 is 0 Å². The minimum Gasteiger partial charge on any atom is -0.355 e. The average molecular weight is 573 g/mol. The number of Topliss-reactive ketones (excluding diaryl/α,β-unsaturated/α-hetero) is 1. The summed E-state index contributed by atoms with van der Waals surface area (Å²) < 4.78 is 16.0. The van der Waals surface area contributed by atoms with Crippen LogP contribution in [0.4, 0.5) is 4.39 Å². The molecular weight excluding hydrogens is 547 g/mol. The molecule has 2 saturated heterocycles. The van der Waals surface area contributed by atoms with Crippen LogP contribution in [0.5, 0.6) is 0 Å². The topological polar surface area (TPSA) is 110 Å². The lowest BCUT2D eigenvalue weighted by molar-refractivity contribution is -0.139. The summed E-state index contributed by atoms with van der Waals surface area (Å²) in [6, 6.07) is 4.41. The number of carbonyl (C=O) groups is 3. The van der Waals surface area contributed by atoms with Crippen LogP contribution in [0.1, 0.15) is 29.7 Å². The lowest BCUT2D eigenvalue weighted by Gasteiger charge is -2.26. The maximum absolute atomic E-state index is 14.6. The number of hydrogen-bond donors (Lipinski definition) is 1. The number of alkyl halides is 1. The molecule has 1 unspecified atom stereocenters. The van der Waals surface area contributed by atoms with Crippen LogP contribution in [0, 0.1) is 6.92 Å². The lowest BCUT2D eigenvalue weighted by Crippen LogP contribution is -2.63. The number of hydrogen-bond acceptors (Lipinski definition) is 6. The highest BCUT2D eigenvalue weighted by Crippen LogP contribution is 2.39. The van der Waals surface area contributed by atoms with Gasteiger partial charge in [-0.05, 0) is 24.6 Å². The van der Waals surface area contributed by atoms with Crippen LogP contribution in [-0.4, -0.2) is 138 Å². The average Bonchev–Trinajstić information content (AvgIpc) is 3.46. The minimum absolute atomic E-state index is 0.0396. The zero-order valence-electron chi connectivity index (χ0n) is 24.8. The van der Waals surface area contributed by atoms with Crippen molar-refractivity contribution in [3.63, 3.8) is 0 Å². The van der Waals surface area contributed by atoms with E-state index in [1.807, 2.05) is 6.07 Å². The van der Waals surface area contributed by atoms with Crippen molar-refractivity contribution in [1.29, 1.82) is 0 Å². The van der Waals surface area contributed by atoms with E-state index in [1.54, 1.807) is 31.5 Å². The predicted octanol–water partition coefficient (Wildman–Crippen LogP) is -1.44. The number of benzene rings is 1. The molecule has 4 heterocycles. The van der Waals surface area contributed by atoms with Gasteiger partial charge in [-0.25, -0.2) is 14.4 Å². The number of rotatable bonds is 11. The van der Waals surface area contributed by atoms with Gasteiger partial charge in [-0.2, -0.15) is 5.10 Å². The first-order valence-electron chi connectivity index (χ1n) is 14.6. The highest BCUT2D eigenvalue weighted by molar-refractivity contribution is 8.01. The Balaban J connectivity index is 1.28. The van der Waals surface area contributed by atoms with Crippen LogP contribution in [0.15, 0.2) is 30.6 Å². The van der Waals surface area contributed by atoms with Gasteiger partial charge in [-0.1, -0.05) is 18.2 Å². The van der Waals surface area contributed by atoms with E-state index < -0.39 is 43.2 Å². The molecule has 0 bridgehead atoms. The van der Waals surface area contributed by atoms with Crippen molar-refractivity contribution >= 4 is 99.3 Å². The predicted molar refractivity (Wildman–Crippen MR) is 180 cm³/mol. The Morgan fingerprint density at radius 3 is 2.43 bits per heavy atom. The fraction of sp³-hybridized carbons (Fsp3) is 0.417. The van der Waals surface area contributed by atoms with Crippen molar-refractivity contribution in [1.82, 2.24) is 30.0 Å². The Kier molecular flexibility index (Phi) is 9.66. The van der Waals surface area contributed by atoms with Gasteiger partial charge < -0.3 is 10.2 Å². The first-order chi connectivity index (χ1) is 20.8. The molecule has 0 spiro atoms. The number of likely N-dealkylation sites (tertiary alicyclic amines) is 1. The SMILES string of the molecule is [B]B([B])B([B])B(B([B])[B])B1CC1CNC(=O)[C@@H]1C[C@@H](F)CN1C(=O)Cn1nc(C(C)=O)c2cc(-c3cnc(C)nc3)ccc21. The molecule has 9 nitrogen and oxygen atoms in total. The molecule has 44 heavy (non-hydrogen) atoms. The number of carbonyl (C=O) groups excluding carboxylic acids is 3. The summed E-state index contributed by atoms with van der Waals surface area (Å²) in [6.45, 7) is 3.04. The second-order valence-electron chi connectivity index (χ2n) is 11.9. The van der Waals surface area contributed by atoms with Gasteiger partial charge in [0.25, 0.3) is 0 Å². The maximum Gasteiger partial charge on any atom is 0.245 e. The molecule has 2 aliphatic rings. The summed E-state index contributed by atoms with van der Waals surface area (Å²) in [7, 11) is 29.5. The second kappa shape index (κ2) is 13.1. The molecule has 2 fully saturated rings. The number of amides is 2. The maximum atomic E-state index is 14.6. The molecule has 2 aliphatic heterocycles. The van der Waals surface area contributed by atoms with Gasteiger partial charge in [0.2, 0.25) is 11.8 Å². The van der Waals surface area contributed by atoms with E-state index in [9.17, 15) is 18.8 Å². The third kappa shape index (κ3) is 6.79. The van der Waals surface area contributed by atoms with Gasteiger partial charge >= 0.3 is 0 Å². The Bertz CT molecular complexity index is 1560. The van der Waals surface area contributed by atoms with E-state index in [-0.39, 0.29) is 49.8 Å². The van der Waals surface area contributed by atoms with Crippen LogP contribution in [0.2, 0.25) is 12.1 Å². The quantitative estimate of drug-likeness (QED) is 0.223. The van der Waals surface area contributed by atoms with Crippen molar-refractivity contribution < 1.29 is 18.8 Å². The van der Waals surface area contributed by atoms with Crippen molar-refractivity contribution in [3.05, 3.63) is 42.1 Å². The number of ketones is 1. The Hall–Kier alpha value is -3.04. The van der Waals surface area contributed by atoms with E-state index in [2.05, 4.69) is 20.4 Å². The number of halogens is 1. The minimum atomic E-state index is -1.35. The first-order valence-corrected chi connectivity index (χ1v) is 14.6. The van der Waals surface area contributed by atoms with Gasteiger partial charge in [0.1, 0.15) is 30.3 Å². The Morgan fingerprint density at radius 1 is 1.09 bits per heavy atom. The van der Waals surface area contributed by atoms with Crippen molar-refractivity contribution in [3.8, 4) is 11.1 Å². The molecule has 0 aliphatic carbocycles. The van der Waals surface area contributed by atoms with Crippen LogP contribution < -0.4 is 5.32 Å². The summed E-state index contributed by atoms with van der Waals surface area (Å²) in [5.41, 5.74) is 2.31.